The molecule has 0 radical (unpaired) electrons. The van der Waals surface area contributed by atoms with Gasteiger partial charge < -0.3 is 9.64 Å². The van der Waals surface area contributed by atoms with Crippen LogP contribution in [0.5, 0.6) is 0 Å². The summed E-state index contributed by atoms with van der Waals surface area (Å²) >= 11 is 0. The van der Waals surface area contributed by atoms with Gasteiger partial charge in [0.1, 0.15) is 5.60 Å². The Hall–Kier alpha value is -0.820. The minimum absolute atomic E-state index is 0.375. The number of likely N-dealkylation sites (tertiary alicyclic amines) is 1. The predicted molar refractivity (Wildman–Crippen MR) is 76.0 cm³/mol. The Kier molecular flexibility index (Phi) is 4.76. The Morgan fingerprint density at radius 2 is 1.85 bits per heavy atom. The SMILES string of the molecule is CC(C)(C)OC(=O)N1CC[C@H](OS(C)(=O)=O)CC1(C)C. The van der Waals surface area contributed by atoms with Crippen molar-refractivity contribution < 1.29 is 22.1 Å². The number of piperidine rings is 1. The first kappa shape index (κ1) is 17.2. The molecule has 20 heavy (non-hydrogen) atoms. The molecule has 0 spiro atoms. The number of nitrogens with zero attached hydrogens (tertiary/aromatic N) is 1. The second-order valence-electron chi connectivity index (χ2n) is 6.86. The lowest BCUT2D eigenvalue weighted by Crippen LogP contribution is -2.55. The summed E-state index contributed by atoms with van der Waals surface area (Å²) in [5, 5.41) is 0. The van der Waals surface area contributed by atoms with Crippen LogP contribution in [0.2, 0.25) is 0 Å². The Balaban J connectivity index is 2.73. The zero-order chi connectivity index (χ0) is 15.8. The smallest absolute Gasteiger partial charge is 0.410 e. The summed E-state index contributed by atoms with van der Waals surface area (Å²) in [6, 6.07) is 0. The van der Waals surface area contributed by atoms with Crippen molar-refractivity contribution in [3.63, 3.8) is 0 Å². The van der Waals surface area contributed by atoms with Crippen LogP contribution < -0.4 is 0 Å². The molecule has 0 saturated carbocycles. The topological polar surface area (TPSA) is 72.9 Å². The normalized spacial score (nSPS) is 23.5. The fourth-order valence-corrected chi connectivity index (χ4v) is 2.99. The molecular weight excluding hydrogens is 282 g/mol. The standard InChI is InChI=1S/C13H25NO5S/c1-12(2,3)18-11(15)14-8-7-10(9-13(14,4)5)19-20(6,16)17/h10H,7-9H2,1-6H3/t10-/m0/s1. The maximum atomic E-state index is 12.2. The van der Waals surface area contributed by atoms with E-state index >= 15 is 0 Å². The highest BCUT2D eigenvalue weighted by Gasteiger charge is 2.40. The molecule has 0 bridgehead atoms. The third kappa shape index (κ3) is 5.28. The zero-order valence-electron chi connectivity index (χ0n) is 13.1. The van der Waals surface area contributed by atoms with Crippen molar-refractivity contribution in [1.29, 1.82) is 0 Å². The van der Waals surface area contributed by atoms with E-state index in [0.29, 0.717) is 19.4 Å². The van der Waals surface area contributed by atoms with Crippen LogP contribution in [-0.4, -0.2) is 49.5 Å². The van der Waals surface area contributed by atoms with Crippen LogP contribution in [-0.2, 0) is 19.0 Å². The molecule has 0 aromatic carbocycles. The number of carbonyl (C=O) groups excluding carboxylic acids is 1. The molecule has 0 N–H and O–H groups in total. The number of carbonyl (C=O) groups is 1. The van der Waals surface area contributed by atoms with Gasteiger partial charge in [-0.2, -0.15) is 8.42 Å². The summed E-state index contributed by atoms with van der Waals surface area (Å²) in [6.07, 6.45) is 1.22. The van der Waals surface area contributed by atoms with Crippen LogP contribution in [0.15, 0.2) is 0 Å². The number of ether oxygens (including phenoxy) is 1. The van der Waals surface area contributed by atoms with E-state index in [0.717, 1.165) is 6.26 Å². The molecule has 0 aromatic rings. The van der Waals surface area contributed by atoms with Crippen molar-refractivity contribution >= 4 is 16.2 Å². The molecule has 0 unspecified atom stereocenters. The van der Waals surface area contributed by atoms with Gasteiger partial charge in [0.05, 0.1) is 12.4 Å². The van der Waals surface area contributed by atoms with E-state index in [1.165, 1.54) is 0 Å². The summed E-state index contributed by atoms with van der Waals surface area (Å²) in [5.41, 5.74) is -1.05. The first-order chi connectivity index (χ1) is 8.80. The van der Waals surface area contributed by atoms with Crippen LogP contribution in [0.4, 0.5) is 4.79 Å². The number of rotatable bonds is 2. The molecule has 1 saturated heterocycles. The monoisotopic (exact) mass is 307 g/mol. The van der Waals surface area contributed by atoms with Gasteiger partial charge in [-0.25, -0.2) is 4.79 Å². The third-order valence-electron chi connectivity index (χ3n) is 3.06. The van der Waals surface area contributed by atoms with Crippen LogP contribution in [0.1, 0.15) is 47.5 Å². The number of amides is 1. The van der Waals surface area contributed by atoms with Crippen molar-refractivity contribution in [2.75, 3.05) is 12.8 Å². The van der Waals surface area contributed by atoms with Crippen LogP contribution in [0.25, 0.3) is 0 Å². The molecule has 1 heterocycles. The average molecular weight is 307 g/mol. The molecule has 7 heteroatoms. The first-order valence-corrected chi connectivity index (χ1v) is 8.51. The third-order valence-corrected chi connectivity index (χ3v) is 3.68. The summed E-state index contributed by atoms with van der Waals surface area (Å²) in [6.45, 7) is 9.64. The molecule has 1 atom stereocenters. The Morgan fingerprint density at radius 3 is 2.25 bits per heavy atom. The van der Waals surface area contributed by atoms with Gasteiger partial charge in [-0.05, 0) is 47.5 Å². The van der Waals surface area contributed by atoms with Gasteiger partial charge in [-0.3, -0.25) is 4.18 Å². The number of hydrogen-bond acceptors (Lipinski definition) is 5. The molecule has 1 aliphatic rings. The summed E-state index contributed by atoms with van der Waals surface area (Å²) in [5.74, 6) is 0. The molecular formula is C13H25NO5S. The molecule has 0 aromatic heterocycles. The van der Waals surface area contributed by atoms with Crippen molar-refractivity contribution in [1.82, 2.24) is 4.90 Å². The molecule has 118 valence electrons. The van der Waals surface area contributed by atoms with E-state index in [2.05, 4.69) is 0 Å². The van der Waals surface area contributed by atoms with Gasteiger partial charge >= 0.3 is 6.09 Å². The summed E-state index contributed by atoms with van der Waals surface area (Å²) < 4.78 is 32.8. The van der Waals surface area contributed by atoms with Gasteiger partial charge in [0, 0.05) is 12.1 Å². The lowest BCUT2D eigenvalue weighted by molar-refractivity contribution is -0.0249. The molecule has 1 amide bonds. The lowest BCUT2D eigenvalue weighted by atomic mass is 9.89. The second-order valence-corrected chi connectivity index (χ2v) is 8.46. The van der Waals surface area contributed by atoms with Crippen LogP contribution in [0, 0.1) is 0 Å². The maximum Gasteiger partial charge on any atom is 0.410 e. The largest absolute Gasteiger partial charge is 0.444 e. The minimum Gasteiger partial charge on any atom is -0.444 e. The van der Waals surface area contributed by atoms with Crippen molar-refractivity contribution in [2.45, 2.75) is 64.7 Å². The van der Waals surface area contributed by atoms with Gasteiger partial charge in [0.2, 0.25) is 0 Å². The molecule has 1 rings (SSSR count). The molecule has 1 fully saturated rings. The predicted octanol–water partition coefficient (Wildman–Crippen LogP) is 2.14. The van der Waals surface area contributed by atoms with Gasteiger partial charge in [0.25, 0.3) is 10.1 Å². The Labute approximate surface area is 121 Å². The van der Waals surface area contributed by atoms with E-state index in [-0.39, 0.29) is 6.09 Å². The second kappa shape index (κ2) is 5.52. The molecule has 1 aliphatic heterocycles. The minimum atomic E-state index is -3.48. The quantitative estimate of drug-likeness (QED) is 0.731. The first-order valence-electron chi connectivity index (χ1n) is 6.69. The van der Waals surface area contributed by atoms with Gasteiger partial charge in [-0.1, -0.05) is 0 Å². The number of hydrogen-bond donors (Lipinski definition) is 0. The van der Waals surface area contributed by atoms with E-state index in [1.807, 2.05) is 34.6 Å². The van der Waals surface area contributed by atoms with Crippen molar-refractivity contribution in [3.8, 4) is 0 Å². The van der Waals surface area contributed by atoms with Crippen LogP contribution >= 0.6 is 0 Å². The Morgan fingerprint density at radius 1 is 1.30 bits per heavy atom. The molecule has 0 aliphatic carbocycles. The fourth-order valence-electron chi connectivity index (χ4n) is 2.33. The lowest BCUT2D eigenvalue weighted by Gasteiger charge is -2.45. The average Bonchev–Trinajstić information content (AvgIpc) is 2.09. The van der Waals surface area contributed by atoms with Crippen molar-refractivity contribution in [2.24, 2.45) is 0 Å². The maximum absolute atomic E-state index is 12.2. The highest BCUT2D eigenvalue weighted by atomic mass is 32.2. The van der Waals surface area contributed by atoms with Gasteiger partial charge in [-0.15, -0.1) is 0 Å². The van der Waals surface area contributed by atoms with E-state index in [9.17, 15) is 13.2 Å². The van der Waals surface area contributed by atoms with Gasteiger partial charge in [0.15, 0.2) is 0 Å². The van der Waals surface area contributed by atoms with Crippen molar-refractivity contribution in [3.05, 3.63) is 0 Å². The summed E-state index contributed by atoms with van der Waals surface area (Å²) in [4.78, 5) is 13.8. The zero-order valence-corrected chi connectivity index (χ0v) is 13.9. The highest BCUT2D eigenvalue weighted by molar-refractivity contribution is 7.86. The van der Waals surface area contributed by atoms with E-state index in [1.54, 1.807) is 4.90 Å². The van der Waals surface area contributed by atoms with E-state index in [4.69, 9.17) is 8.92 Å². The van der Waals surface area contributed by atoms with E-state index < -0.39 is 27.4 Å². The fraction of sp³-hybridized carbons (Fsp3) is 0.923. The summed E-state index contributed by atoms with van der Waals surface area (Å²) in [7, 11) is -3.48. The highest BCUT2D eigenvalue weighted by Crippen LogP contribution is 2.31. The molecule has 6 nitrogen and oxygen atoms in total. The van der Waals surface area contributed by atoms with Crippen LogP contribution in [0.3, 0.4) is 0 Å². The Bertz CT molecular complexity index is 464.